The average molecular weight is 214 g/mol. The Morgan fingerprint density at radius 3 is 2.12 bits per heavy atom. The molecule has 0 aliphatic heterocycles. The summed E-state index contributed by atoms with van der Waals surface area (Å²) in [6.45, 7) is 13.8. The molecule has 0 aliphatic rings. The van der Waals surface area contributed by atoms with E-state index in [4.69, 9.17) is 0 Å². The van der Waals surface area contributed by atoms with Crippen molar-refractivity contribution in [2.75, 3.05) is 0 Å². The van der Waals surface area contributed by atoms with Crippen molar-refractivity contribution < 1.29 is 0 Å². The molecule has 0 N–H and O–H groups in total. The van der Waals surface area contributed by atoms with Crippen molar-refractivity contribution >= 4 is 0 Å². The zero-order valence-electron chi connectivity index (χ0n) is 10.6. The third-order valence-electron chi connectivity index (χ3n) is 2.39. The number of allylic oxidation sites excluding steroid dienone is 10. The summed E-state index contributed by atoms with van der Waals surface area (Å²) in [6, 6.07) is 0. The Labute approximate surface area is 100 Å². The fraction of sp³-hybridized carbons (Fsp3) is 0.250. The summed E-state index contributed by atoms with van der Waals surface area (Å²) in [4.78, 5) is 0. The molecule has 0 saturated carbocycles. The quantitative estimate of drug-likeness (QED) is 0.546. The number of hydrogen-bond donors (Lipinski definition) is 0. The van der Waals surface area contributed by atoms with Gasteiger partial charge >= 0.3 is 0 Å². The summed E-state index contributed by atoms with van der Waals surface area (Å²) >= 11 is 0. The maximum atomic E-state index is 3.86. The van der Waals surface area contributed by atoms with E-state index >= 15 is 0 Å². The lowest BCUT2D eigenvalue weighted by Gasteiger charge is -2.13. The highest BCUT2D eigenvalue weighted by molar-refractivity contribution is 5.37. The van der Waals surface area contributed by atoms with Gasteiger partial charge in [-0.15, -0.1) is 0 Å². The fourth-order valence-corrected chi connectivity index (χ4v) is 1.46. The molecule has 0 nitrogen and oxygen atoms in total. The van der Waals surface area contributed by atoms with Crippen molar-refractivity contribution in [1.29, 1.82) is 0 Å². The zero-order chi connectivity index (χ0) is 12.4. The minimum absolute atomic E-state index is 0.336. The topological polar surface area (TPSA) is 0 Å². The molecule has 0 spiro atoms. The lowest BCUT2D eigenvalue weighted by molar-refractivity contribution is 0.848. The van der Waals surface area contributed by atoms with Crippen LogP contribution in [0.1, 0.15) is 20.8 Å². The number of hydrogen-bond acceptors (Lipinski definition) is 0. The van der Waals surface area contributed by atoms with Crippen molar-refractivity contribution in [1.82, 2.24) is 0 Å². The smallest absolute Gasteiger partial charge is 0.00606 e. The largest absolute Gasteiger partial charge is 0.0991 e. The zero-order valence-corrected chi connectivity index (χ0v) is 10.6. The van der Waals surface area contributed by atoms with Gasteiger partial charge in [0.25, 0.3) is 0 Å². The van der Waals surface area contributed by atoms with E-state index in [9.17, 15) is 0 Å². The summed E-state index contributed by atoms with van der Waals surface area (Å²) in [7, 11) is 0. The van der Waals surface area contributed by atoms with Crippen LogP contribution in [0.25, 0.3) is 0 Å². The van der Waals surface area contributed by atoms with Gasteiger partial charge in [-0.1, -0.05) is 68.7 Å². The van der Waals surface area contributed by atoms with Crippen molar-refractivity contribution in [3.05, 3.63) is 72.9 Å². The third kappa shape index (κ3) is 4.79. The summed E-state index contributed by atoms with van der Waals surface area (Å²) < 4.78 is 0. The lowest BCUT2D eigenvalue weighted by atomic mass is 9.91. The van der Waals surface area contributed by atoms with Crippen molar-refractivity contribution in [2.45, 2.75) is 20.8 Å². The first-order valence-corrected chi connectivity index (χ1v) is 5.61. The predicted molar refractivity (Wildman–Crippen MR) is 75.4 cm³/mol. The third-order valence-corrected chi connectivity index (χ3v) is 2.39. The summed E-state index contributed by atoms with van der Waals surface area (Å²) in [5.41, 5.74) is 2.46. The van der Waals surface area contributed by atoms with Gasteiger partial charge in [0.2, 0.25) is 0 Å². The van der Waals surface area contributed by atoms with Gasteiger partial charge in [0, 0.05) is 5.92 Å². The second-order valence-corrected chi connectivity index (χ2v) is 3.52. The average Bonchev–Trinajstić information content (AvgIpc) is 2.29. The van der Waals surface area contributed by atoms with Crippen LogP contribution in [-0.4, -0.2) is 0 Å². The maximum Gasteiger partial charge on any atom is 0.00606 e. The van der Waals surface area contributed by atoms with E-state index in [1.54, 1.807) is 0 Å². The molecule has 1 atom stereocenters. The molecule has 1 unspecified atom stereocenters. The SMILES string of the molecule is C=C/C=C(\C=C/C)C(C)/C(C=C)=C/C=C\C. The van der Waals surface area contributed by atoms with E-state index in [2.05, 4.69) is 32.2 Å². The van der Waals surface area contributed by atoms with Crippen molar-refractivity contribution in [3.63, 3.8) is 0 Å². The first kappa shape index (κ1) is 14.4. The molecule has 0 saturated heterocycles. The van der Waals surface area contributed by atoms with Gasteiger partial charge < -0.3 is 0 Å². The van der Waals surface area contributed by atoms with Crippen molar-refractivity contribution in [3.8, 4) is 0 Å². The predicted octanol–water partition coefficient (Wildman–Crippen LogP) is 5.00. The van der Waals surface area contributed by atoms with Crippen LogP contribution in [0.4, 0.5) is 0 Å². The van der Waals surface area contributed by atoms with Gasteiger partial charge in [-0.3, -0.25) is 0 Å². The van der Waals surface area contributed by atoms with Crippen molar-refractivity contribution in [2.24, 2.45) is 5.92 Å². The first-order chi connectivity index (χ1) is 7.71. The first-order valence-electron chi connectivity index (χ1n) is 5.61. The van der Waals surface area contributed by atoms with E-state index in [1.165, 1.54) is 11.1 Å². The van der Waals surface area contributed by atoms with Crippen LogP contribution in [0.15, 0.2) is 72.9 Å². The summed E-state index contributed by atoms with van der Waals surface area (Å²) in [6.07, 6.45) is 16.1. The molecule has 0 heterocycles. The molecule has 0 rings (SSSR count). The highest BCUT2D eigenvalue weighted by Crippen LogP contribution is 2.22. The molecular weight excluding hydrogens is 192 g/mol. The highest BCUT2D eigenvalue weighted by atomic mass is 14.1. The Hall–Kier alpha value is -1.56. The molecular formula is C16H22. The van der Waals surface area contributed by atoms with E-state index < -0.39 is 0 Å². The summed E-state index contributed by atoms with van der Waals surface area (Å²) in [5.74, 6) is 0.336. The van der Waals surface area contributed by atoms with Crippen LogP contribution >= 0.6 is 0 Å². The fourth-order valence-electron chi connectivity index (χ4n) is 1.46. The minimum atomic E-state index is 0.336. The molecule has 86 valence electrons. The molecule has 0 heteroatoms. The monoisotopic (exact) mass is 214 g/mol. The molecule has 0 amide bonds. The lowest BCUT2D eigenvalue weighted by Crippen LogP contribution is -1.99. The number of rotatable bonds is 6. The molecule has 0 bridgehead atoms. The Balaban J connectivity index is 5.10. The Morgan fingerprint density at radius 1 is 1.00 bits per heavy atom. The van der Waals surface area contributed by atoms with E-state index in [0.717, 1.165) is 0 Å². The van der Waals surface area contributed by atoms with Gasteiger partial charge in [0.05, 0.1) is 0 Å². The van der Waals surface area contributed by atoms with Crippen LogP contribution in [0.5, 0.6) is 0 Å². The van der Waals surface area contributed by atoms with Gasteiger partial charge in [0.1, 0.15) is 0 Å². The maximum absolute atomic E-state index is 3.86. The standard InChI is InChI=1S/C16H22/c1-6-10-13-15(9-4)14(5)16(11-7-2)12-8-3/h6-14H,2,4H2,1,3,5H3/b10-6-,12-8-,15-13+,16-11+. The van der Waals surface area contributed by atoms with Crippen LogP contribution in [0.2, 0.25) is 0 Å². The van der Waals surface area contributed by atoms with E-state index in [1.807, 2.05) is 50.3 Å². The van der Waals surface area contributed by atoms with Gasteiger partial charge in [-0.25, -0.2) is 0 Å². The van der Waals surface area contributed by atoms with Crippen LogP contribution in [-0.2, 0) is 0 Å². The molecule has 0 aromatic rings. The van der Waals surface area contributed by atoms with E-state index in [0.29, 0.717) is 5.92 Å². The Bertz CT molecular complexity index is 335. The Kier molecular flexibility index (Phi) is 7.87. The molecule has 0 fully saturated rings. The normalized spacial score (nSPS) is 15.7. The van der Waals surface area contributed by atoms with E-state index in [-0.39, 0.29) is 0 Å². The Morgan fingerprint density at radius 2 is 1.69 bits per heavy atom. The van der Waals surface area contributed by atoms with Crippen LogP contribution in [0.3, 0.4) is 0 Å². The minimum Gasteiger partial charge on any atom is -0.0991 e. The van der Waals surface area contributed by atoms with Crippen LogP contribution in [0, 0.1) is 5.92 Å². The van der Waals surface area contributed by atoms with Gasteiger partial charge in [0.15, 0.2) is 0 Å². The molecule has 0 radical (unpaired) electrons. The highest BCUT2D eigenvalue weighted by Gasteiger charge is 2.07. The molecule has 16 heavy (non-hydrogen) atoms. The van der Waals surface area contributed by atoms with Gasteiger partial charge in [-0.2, -0.15) is 0 Å². The molecule has 0 aromatic heterocycles. The molecule has 0 aromatic carbocycles. The summed E-state index contributed by atoms with van der Waals surface area (Å²) in [5, 5.41) is 0. The second kappa shape index (κ2) is 8.72. The second-order valence-electron chi connectivity index (χ2n) is 3.52. The van der Waals surface area contributed by atoms with Crippen LogP contribution < -0.4 is 0 Å². The van der Waals surface area contributed by atoms with Gasteiger partial charge in [-0.05, 0) is 25.0 Å². The molecule has 0 aliphatic carbocycles.